The van der Waals surface area contributed by atoms with Crippen LogP contribution in [0.15, 0.2) is 66.7 Å². The van der Waals surface area contributed by atoms with Crippen LogP contribution in [0.1, 0.15) is 27.0 Å². The molecule has 0 aromatic heterocycles. The Morgan fingerprint density at radius 3 is 1.76 bits per heavy atom. The van der Waals surface area contributed by atoms with Gasteiger partial charge in [-0.05, 0) is 41.5 Å². The van der Waals surface area contributed by atoms with E-state index in [1.54, 1.807) is 0 Å². The molecule has 204 valence electrons. The second kappa shape index (κ2) is 10.1. The molecule has 0 saturated heterocycles. The normalized spacial score (nSPS) is 12.8. The molecule has 0 aliphatic heterocycles. The van der Waals surface area contributed by atoms with Crippen molar-refractivity contribution in [2.24, 2.45) is 0 Å². The molecule has 3 aromatic carbocycles. The fourth-order valence-corrected chi connectivity index (χ4v) is 3.44. The fraction of sp³-hybridized carbons (Fsp3) is 0.208. The van der Waals surface area contributed by atoms with Gasteiger partial charge in [0.2, 0.25) is 0 Å². The highest BCUT2D eigenvalue weighted by Crippen LogP contribution is 2.41. The summed E-state index contributed by atoms with van der Waals surface area (Å²) in [5.41, 5.74) is -6.15. The molecule has 3 nitrogen and oxygen atoms in total. The molecule has 0 radical (unpaired) electrons. The van der Waals surface area contributed by atoms with Gasteiger partial charge in [0.15, 0.2) is 0 Å². The molecule has 0 saturated carbocycles. The van der Waals surface area contributed by atoms with Crippen LogP contribution in [-0.4, -0.2) is 18.8 Å². The summed E-state index contributed by atoms with van der Waals surface area (Å²) < 4.78 is 151. The third-order valence-electron chi connectivity index (χ3n) is 5.09. The van der Waals surface area contributed by atoms with Crippen LogP contribution in [0.2, 0.25) is 0 Å². The van der Waals surface area contributed by atoms with E-state index in [0.717, 1.165) is 48.5 Å². The summed E-state index contributed by atoms with van der Waals surface area (Å²) in [6, 6.07) is 8.44. The van der Waals surface area contributed by atoms with E-state index in [2.05, 4.69) is 4.74 Å². The zero-order valence-electron chi connectivity index (χ0n) is 18.5. The first kappa shape index (κ1) is 28.7. The van der Waals surface area contributed by atoms with Crippen LogP contribution in [0.4, 0.5) is 48.3 Å². The summed E-state index contributed by atoms with van der Waals surface area (Å²) in [5.74, 6) is -6.62. The zero-order chi connectivity index (χ0) is 28.5. The molecule has 1 amide bonds. The monoisotopic (exact) mass is 557 g/mol. The maximum Gasteiger partial charge on any atom is 0.573 e. The van der Waals surface area contributed by atoms with Crippen LogP contribution in [0.5, 0.6) is 5.75 Å². The number of amides is 1. The Labute approximate surface area is 206 Å². The van der Waals surface area contributed by atoms with Crippen LogP contribution >= 0.6 is 0 Å². The molecule has 3 rings (SSSR count). The van der Waals surface area contributed by atoms with E-state index in [-0.39, 0.29) is 11.1 Å². The van der Waals surface area contributed by atoms with Crippen molar-refractivity contribution >= 4 is 5.91 Å². The lowest BCUT2D eigenvalue weighted by Crippen LogP contribution is -2.37. The maximum atomic E-state index is 14.8. The lowest BCUT2D eigenvalue weighted by molar-refractivity contribution is -0.274. The van der Waals surface area contributed by atoms with Gasteiger partial charge in [-0.1, -0.05) is 36.4 Å². The standard InChI is InChI=1S/C24H14F11NO2/c25-21(26,12-36-20(37)16-3-1-2-4-17(16)22(27,28)29)18-10-7-14(11-19(18)23(30,31)32)13-5-8-15(9-6-13)38-24(33,34)35/h1-11H,12H2,(H,36,37). The highest BCUT2D eigenvalue weighted by Gasteiger charge is 2.43. The topological polar surface area (TPSA) is 38.3 Å². The zero-order valence-corrected chi connectivity index (χ0v) is 18.5. The molecule has 0 aliphatic rings. The lowest BCUT2D eigenvalue weighted by Gasteiger charge is -2.23. The summed E-state index contributed by atoms with van der Waals surface area (Å²) >= 11 is 0. The second-order valence-corrected chi connectivity index (χ2v) is 7.76. The Morgan fingerprint density at radius 1 is 0.658 bits per heavy atom. The molecule has 0 heterocycles. The number of rotatable bonds is 6. The molecule has 0 bridgehead atoms. The largest absolute Gasteiger partial charge is 0.573 e. The van der Waals surface area contributed by atoms with Crippen molar-refractivity contribution in [2.45, 2.75) is 24.6 Å². The van der Waals surface area contributed by atoms with E-state index in [1.165, 1.54) is 5.32 Å². The van der Waals surface area contributed by atoms with Gasteiger partial charge in [-0.25, -0.2) is 0 Å². The maximum absolute atomic E-state index is 14.8. The predicted octanol–water partition coefficient (Wildman–Crippen LogP) is 7.81. The van der Waals surface area contributed by atoms with E-state index in [9.17, 15) is 53.1 Å². The Morgan fingerprint density at radius 2 is 1.21 bits per heavy atom. The van der Waals surface area contributed by atoms with Crippen molar-refractivity contribution < 1.29 is 57.8 Å². The van der Waals surface area contributed by atoms with Crippen molar-refractivity contribution in [3.05, 3.63) is 89.0 Å². The van der Waals surface area contributed by atoms with E-state index < -0.39 is 65.1 Å². The number of benzene rings is 3. The molecule has 1 N–H and O–H groups in total. The quantitative estimate of drug-likeness (QED) is 0.314. The number of carbonyl (C=O) groups excluding carboxylic acids is 1. The van der Waals surface area contributed by atoms with Gasteiger partial charge in [-0.2, -0.15) is 35.1 Å². The van der Waals surface area contributed by atoms with Gasteiger partial charge in [0.25, 0.3) is 11.8 Å². The van der Waals surface area contributed by atoms with E-state index in [0.29, 0.717) is 18.2 Å². The Balaban J connectivity index is 1.89. The average molecular weight is 557 g/mol. The number of carbonyl (C=O) groups is 1. The minimum Gasteiger partial charge on any atom is -0.406 e. The molecule has 0 atom stereocenters. The number of halogens is 11. The minimum absolute atomic E-state index is 0.0584. The van der Waals surface area contributed by atoms with E-state index >= 15 is 0 Å². The summed E-state index contributed by atoms with van der Waals surface area (Å²) in [4.78, 5) is 12.2. The van der Waals surface area contributed by atoms with Gasteiger partial charge in [-0.3, -0.25) is 4.79 Å². The summed E-state index contributed by atoms with van der Waals surface area (Å²) in [7, 11) is 0. The van der Waals surface area contributed by atoms with E-state index in [4.69, 9.17) is 0 Å². The van der Waals surface area contributed by atoms with Crippen LogP contribution in [0.25, 0.3) is 11.1 Å². The first-order valence-corrected chi connectivity index (χ1v) is 10.3. The third kappa shape index (κ3) is 6.92. The molecule has 14 heteroatoms. The molecule has 0 aliphatic carbocycles. The minimum atomic E-state index is -5.33. The van der Waals surface area contributed by atoms with Gasteiger partial charge < -0.3 is 10.1 Å². The highest BCUT2D eigenvalue weighted by molar-refractivity contribution is 5.95. The molecule has 3 aromatic rings. The van der Waals surface area contributed by atoms with Gasteiger partial charge in [-0.15, -0.1) is 13.2 Å². The second-order valence-electron chi connectivity index (χ2n) is 7.76. The highest BCUT2D eigenvalue weighted by atomic mass is 19.4. The van der Waals surface area contributed by atoms with Gasteiger partial charge in [0, 0.05) is 5.56 Å². The smallest absolute Gasteiger partial charge is 0.406 e. The number of ether oxygens (including phenoxy) is 1. The van der Waals surface area contributed by atoms with Crippen molar-refractivity contribution in [1.82, 2.24) is 5.32 Å². The fourth-order valence-electron chi connectivity index (χ4n) is 3.44. The first-order valence-electron chi connectivity index (χ1n) is 10.3. The van der Waals surface area contributed by atoms with Gasteiger partial charge in [0.1, 0.15) is 5.75 Å². The molecule has 0 fully saturated rings. The SMILES string of the molecule is O=C(NCC(F)(F)c1ccc(-c2ccc(OC(F)(F)F)cc2)cc1C(F)(F)F)c1ccccc1C(F)(F)F. The van der Waals surface area contributed by atoms with Crippen molar-refractivity contribution in [2.75, 3.05) is 6.54 Å². The number of alkyl halides is 11. The summed E-state index contributed by atoms with van der Waals surface area (Å²) in [6.45, 7) is -1.76. The van der Waals surface area contributed by atoms with Crippen LogP contribution < -0.4 is 10.1 Å². The van der Waals surface area contributed by atoms with Crippen LogP contribution in [0.3, 0.4) is 0 Å². The Kier molecular flexibility index (Phi) is 7.66. The first-order chi connectivity index (χ1) is 17.4. The van der Waals surface area contributed by atoms with Crippen LogP contribution in [-0.2, 0) is 18.3 Å². The van der Waals surface area contributed by atoms with Crippen molar-refractivity contribution in [3.8, 4) is 16.9 Å². The van der Waals surface area contributed by atoms with Crippen LogP contribution in [0, 0.1) is 0 Å². The van der Waals surface area contributed by atoms with Gasteiger partial charge >= 0.3 is 18.7 Å². The number of nitrogens with one attached hydrogen (secondary N) is 1. The number of hydrogen-bond donors (Lipinski definition) is 1. The average Bonchev–Trinajstić information content (AvgIpc) is 2.80. The van der Waals surface area contributed by atoms with Crippen molar-refractivity contribution in [1.29, 1.82) is 0 Å². The van der Waals surface area contributed by atoms with E-state index in [1.807, 2.05) is 0 Å². The van der Waals surface area contributed by atoms with Crippen molar-refractivity contribution in [3.63, 3.8) is 0 Å². The molecule has 38 heavy (non-hydrogen) atoms. The molecular weight excluding hydrogens is 543 g/mol. The molecule has 0 unspecified atom stereocenters. The molecule has 0 spiro atoms. The van der Waals surface area contributed by atoms with Gasteiger partial charge in [0.05, 0.1) is 23.2 Å². The lowest BCUT2D eigenvalue weighted by atomic mass is 9.95. The third-order valence-corrected chi connectivity index (χ3v) is 5.09. The number of hydrogen-bond acceptors (Lipinski definition) is 2. The molecular formula is C24H14F11NO2. The predicted molar refractivity (Wildman–Crippen MR) is 111 cm³/mol. The summed E-state index contributed by atoms with van der Waals surface area (Å²) in [6.07, 6.45) is -15.3. The summed E-state index contributed by atoms with van der Waals surface area (Å²) in [5, 5.41) is 1.54. The Bertz CT molecular complexity index is 1290. The Hall–Kier alpha value is -3.84.